The number of amides is 1. The number of fused-ring (bicyclic) bond motifs is 1. The summed E-state index contributed by atoms with van der Waals surface area (Å²) in [6.45, 7) is 0. The van der Waals surface area contributed by atoms with Crippen LogP contribution in [0.4, 0.5) is 0 Å². The summed E-state index contributed by atoms with van der Waals surface area (Å²) in [7, 11) is 0. The summed E-state index contributed by atoms with van der Waals surface area (Å²) in [5, 5.41) is 19.2. The van der Waals surface area contributed by atoms with Gasteiger partial charge in [-0.15, -0.1) is 0 Å². The van der Waals surface area contributed by atoms with Crippen LogP contribution in [0.15, 0.2) is 24.4 Å². The Kier molecular flexibility index (Phi) is 4.62. The van der Waals surface area contributed by atoms with Crippen molar-refractivity contribution in [2.75, 3.05) is 12.0 Å². The van der Waals surface area contributed by atoms with Gasteiger partial charge >= 0.3 is 5.97 Å². The Balaban J connectivity index is 2.10. The number of hydrogen-bond acceptors (Lipinski definition) is 4. The molecule has 0 radical (unpaired) electrons. The molecule has 1 atom stereocenters. The van der Waals surface area contributed by atoms with Gasteiger partial charge in [-0.3, -0.25) is 9.89 Å². The number of rotatable bonds is 6. The number of aromatic amines is 1. The van der Waals surface area contributed by atoms with Crippen LogP contribution in [-0.2, 0) is 4.79 Å². The normalized spacial score (nSPS) is 12.2. The van der Waals surface area contributed by atoms with E-state index in [4.69, 9.17) is 5.11 Å². The molecule has 1 aromatic carbocycles. The zero-order chi connectivity index (χ0) is 14.5. The van der Waals surface area contributed by atoms with E-state index >= 15 is 0 Å². The molecule has 3 N–H and O–H groups in total. The average molecular weight is 293 g/mol. The van der Waals surface area contributed by atoms with Crippen LogP contribution in [-0.4, -0.2) is 45.2 Å². The third-order valence-electron chi connectivity index (χ3n) is 2.92. The number of H-pyrrole nitrogens is 1. The van der Waals surface area contributed by atoms with E-state index in [1.807, 2.05) is 6.26 Å². The van der Waals surface area contributed by atoms with Crippen LogP contribution in [0.3, 0.4) is 0 Å². The van der Waals surface area contributed by atoms with Crippen molar-refractivity contribution in [2.45, 2.75) is 12.5 Å². The number of nitrogens with zero attached hydrogens (tertiary/aromatic N) is 1. The van der Waals surface area contributed by atoms with Gasteiger partial charge in [-0.1, -0.05) is 6.07 Å². The van der Waals surface area contributed by atoms with Crippen molar-refractivity contribution in [2.24, 2.45) is 0 Å². The zero-order valence-corrected chi connectivity index (χ0v) is 11.7. The predicted molar refractivity (Wildman–Crippen MR) is 78.0 cm³/mol. The minimum absolute atomic E-state index is 0.394. The van der Waals surface area contributed by atoms with E-state index in [0.717, 1.165) is 10.9 Å². The van der Waals surface area contributed by atoms with Crippen molar-refractivity contribution in [3.05, 3.63) is 30.0 Å². The number of nitrogens with one attached hydrogen (secondary N) is 2. The molecule has 20 heavy (non-hydrogen) atoms. The quantitative estimate of drug-likeness (QED) is 0.750. The first-order chi connectivity index (χ1) is 9.61. The van der Waals surface area contributed by atoms with Crippen molar-refractivity contribution in [3.8, 4) is 0 Å². The van der Waals surface area contributed by atoms with Gasteiger partial charge < -0.3 is 10.4 Å². The van der Waals surface area contributed by atoms with Crippen LogP contribution in [0.2, 0.25) is 0 Å². The first-order valence-corrected chi connectivity index (χ1v) is 7.47. The van der Waals surface area contributed by atoms with Gasteiger partial charge in [0.15, 0.2) is 0 Å². The third kappa shape index (κ3) is 3.30. The van der Waals surface area contributed by atoms with Crippen LogP contribution in [0, 0.1) is 0 Å². The fourth-order valence-electron chi connectivity index (χ4n) is 1.81. The molecule has 0 aliphatic heterocycles. The number of carboxylic acids is 1. The fourth-order valence-corrected chi connectivity index (χ4v) is 2.28. The summed E-state index contributed by atoms with van der Waals surface area (Å²) >= 11 is 1.55. The second-order valence-corrected chi connectivity index (χ2v) is 5.30. The largest absolute Gasteiger partial charge is 0.480 e. The first-order valence-electron chi connectivity index (χ1n) is 6.07. The SMILES string of the molecule is CSCCC(NC(=O)c1ccc2cn[nH]c2c1)C(=O)O. The van der Waals surface area contributed by atoms with Gasteiger partial charge in [0, 0.05) is 10.9 Å². The Bertz CT molecular complexity index is 626. The Morgan fingerprint density at radius 1 is 1.50 bits per heavy atom. The molecule has 0 saturated carbocycles. The molecule has 6 nitrogen and oxygen atoms in total. The molecule has 1 amide bonds. The minimum Gasteiger partial charge on any atom is -0.480 e. The Morgan fingerprint density at radius 2 is 2.30 bits per heavy atom. The highest BCUT2D eigenvalue weighted by atomic mass is 32.2. The van der Waals surface area contributed by atoms with Gasteiger partial charge in [0.1, 0.15) is 6.04 Å². The van der Waals surface area contributed by atoms with E-state index < -0.39 is 17.9 Å². The molecule has 1 unspecified atom stereocenters. The van der Waals surface area contributed by atoms with E-state index in [1.54, 1.807) is 36.2 Å². The van der Waals surface area contributed by atoms with Crippen molar-refractivity contribution in [1.29, 1.82) is 0 Å². The number of hydrogen-bond donors (Lipinski definition) is 3. The molecule has 0 bridgehead atoms. The molecular weight excluding hydrogens is 278 g/mol. The van der Waals surface area contributed by atoms with Gasteiger partial charge in [-0.2, -0.15) is 16.9 Å². The van der Waals surface area contributed by atoms with Crippen LogP contribution >= 0.6 is 11.8 Å². The maximum atomic E-state index is 12.1. The van der Waals surface area contributed by atoms with Crippen LogP contribution in [0.5, 0.6) is 0 Å². The molecule has 0 saturated heterocycles. The summed E-state index contributed by atoms with van der Waals surface area (Å²) in [6.07, 6.45) is 3.96. The van der Waals surface area contributed by atoms with E-state index in [1.165, 1.54) is 0 Å². The van der Waals surface area contributed by atoms with Crippen LogP contribution in [0.25, 0.3) is 10.9 Å². The highest BCUT2D eigenvalue weighted by Gasteiger charge is 2.20. The lowest BCUT2D eigenvalue weighted by atomic mass is 10.1. The molecular formula is C13H15N3O3S. The highest BCUT2D eigenvalue weighted by Crippen LogP contribution is 2.13. The Morgan fingerprint density at radius 3 is 3.00 bits per heavy atom. The lowest BCUT2D eigenvalue weighted by Gasteiger charge is -2.13. The molecule has 0 fully saturated rings. The smallest absolute Gasteiger partial charge is 0.326 e. The number of carboxylic acid groups (broad SMARTS) is 1. The molecule has 0 aliphatic carbocycles. The topological polar surface area (TPSA) is 95.1 Å². The summed E-state index contributed by atoms with van der Waals surface area (Å²) in [6, 6.07) is 4.21. The van der Waals surface area contributed by atoms with Crippen molar-refractivity contribution < 1.29 is 14.7 Å². The summed E-state index contributed by atoms with van der Waals surface area (Å²) in [5.41, 5.74) is 1.16. The zero-order valence-electron chi connectivity index (χ0n) is 10.9. The Labute approximate surface area is 119 Å². The number of thioether (sulfide) groups is 1. The van der Waals surface area contributed by atoms with E-state index in [2.05, 4.69) is 15.5 Å². The van der Waals surface area contributed by atoms with E-state index in [0.29, 0.717) is 17.7 Å². The predicted octanol–water partition coefficient (Wildman–Crippen LogP) is 1.50. The molecule has 0 spiro atoms. The highest BCUT2D eigenvalue weighted by molar-refractivity contribution is 7.98. The number of carbonyl (C=O) groups excluding carboxylic acids is 1. The molecule has 2 aromatic rings. The molecule has 1 heterocycles. The van der Waals surface area contributed by atoms with Gasteiger partial charge in [0.25, 0.3) is 5.91 Å². The Hall–Kier alpha value is -2.02. The number of aromatic nitrogens is 2. The summed E-state index contributed by atoms with van der Waals surface area (Å²) in [5.74, 6) is -0.735. The maximum absolute atomic E-state index is 12.1. The molecule has 7 heteroatoms. The van der Waals surface area contributed by atoms with Gasteiger partial charge in [0.2, 0.25) is 0 Å². The maximum Gasteiger partial charge on any atom is 0.326 e. The molecule has 2 rings (SSSR count). The molecule has 106 valence electrons. The van der Waals surface area contributed by atoms with Gasteiger partial charge in [0.05, 0.1) is 11.7 Å². The third-order valence-corrected chi connectivity index (χ3v) is 3.56. The number of carbonyl (C=O) groups is 2. The van der Waals surface area contributed by atoms with E-state index in [9.17, 15) is 9.59 Å². The summed E-state index contributed by atoms with van der Waals surface area (Å²) in [4.78, 5) is 23.2. The van der Waals surface area contributed by atoms with Crippen molar-refractivity contribution >= 4 is 34.5 Å². The second-order valence-electron chi connectivity index (χ2n) is 4.32. The van der Waals surface area contributed by atoms with Crippen molar-refractivity contribution in [1.82, 2.24) is 15.5 Å². The number of aliphatic carboxylic acids is 1. The average Bonchev–Trinajstić information content (AvgIpc) is 2.90. The first kappa shape index (κ1) is 14.4. The fraction of sp³-hybridized carbons (Fsp3) is 0.308. The van der Waals surface area contributed by atoms with Crippen LogP contribution < -0.4 is 5.32 Å². The van der Waals surface area contributed by atoms with Crippen molar-refractivity contribution in [3.63, 3.8) is 0 Å². The molecule has 0 aliphatic rings. The summed E-state index contributed by atoms with van der Waals surface area (Å²) < 4.78 is 0. The molecule has 1 aromatic heterocycles. The monoisotopic (exact) mass is 293 g/mol. The van der Waals surface area contributed by atoms with Gasteiger partial charge in [-0.25, -0.2) is 4.79 Å². The second kappa shape index (κ2) is 6.42. The lowest BCUT2D eigenvalue weighted by molar-refractivity contribution is -0.139. The van der Waals surface area contributed by atoms with E-state index in [-0.39, 0.29) is 0 Å². The standard InChI is InChI=1S/C13H15N3O3S/c1-20-5-4-10(13(18)19)15-12(17)8-2-3-9-7-14-16-11(9)6-8/h2-3,6-7,10H,4-5H2,1H3,(H,14,16)(H,15,17)(H,18,19). The lowest BCUT2D eigenvalue weighted by Crippen LogP contribution is -2.41. The van der Waals surface area contributed by atoms with Crippen LogP contribution in [0.1, 0.15) is 16.8 Å². The number of benzene rings is 1. The van der Waals surface area contributed by atoms with Gasteiger partial charge in [-0.05, 0) is 30.6 Å². The minimum atomic E-state index is -1.02.